The lowest BCUT2D eigenvalue weighted by Crippen LogP contribution is -2.36. The summed E-state index contributed by atoms with van der Waals surface area (Å²) in [6, 6.07) is 0. The van der Waals surface area contributed by atoms with Crippen molar-refractivity contribution >= 4 is 11.6 Å². The van der Waals surface area contributed by atoms with Gasteiger partial charge >= 0.3 is 0 Å². The summed E-state index contributed by atoms with van der Waals surface area (Å²) in [7, 11) is 0. The first-order chi connectivity index (χ1) is 6.22. The summed E-state index contributed by atoms with van der Waals surface area (Å²) in [5, 5.41) is 8.02. The lowest BCUT2D eigenvalue weighted by molar-refractivity contribution is 0.0294. The average Bonchev–Trinajstić information content (AvgIpc) is 2.53. The normalized spacial score (nSPS) is 21.7. The lowest BCUT2D eigenvalue weighted by Gasteiger charge is -2.34. The van der Waals surface area contributed by atoms with Crippen LogP contribution in [0, 0.1) is 0 Å². The first-order valence-corrected chi connectivity index (χ1v) is 4.74. The molecule has 0 spiro atoms. The molecule has 1 aliphatic heterocycles. The topological polar surface area (TPSA) is 39.9 Å². The number of hydrogen-bond donors (Lipinski definition) is 0. The summed E-state index contributed by atoms with van der Waals surface area (Å²) in [4.78, 5) is 0. The van der Waals surface area contributed by atoms with Crippen LogP contribution in [0.5, 0.6) is 0 Å². The largest absolute Gasteiger partial charge is 0.381 e. The van der Waals surface area contributed by atoms with E-state index in [1.165, 1.54) is 0 Å². The van der Waals surface area contributed by atoms with Crippen LogP contribution in [0.3, 0.4) is 0 Å². The number of aromatic nitrogens is 3. The quantitative estimate of drug-likeness (QED) is 0.691. The highest BCUT2D eigenvalue weighted by molar-refractivity contribution is 6.28. The summed E-state index contributed by atoms with van der Waals surface area (Å²) in [6.45, 7) is 3.72. The minimum Gasteiger partial charge on any atom is -0.381 e. The number of rotatable bonds is 1. The molecule has 5 heteroatoms. The molecular weight excluding hydrogens is 190 g/mol. The third kappa shape index (κ3) is 1.56. The van der Waals surface area contributed by atoms with Crippen LogP contribution < -0.4 is 0 Å². The van der Waals surface area contributed by atoms with Gasteiger partial charge in [-0.3, -0.25) is 4.57 Å². The van der Waals surface area contributed by atoms with E-state index in [0.717, 1.165) is 26.1 Å². The SMILES string of the molecule is CC1(n2cnnc2Cl)CCOCC1. The second-order valence-electron chi connectivity index (χ2n) is 3.58. The molecule has 0 radical (unpaired) electrons. The Morgan fingerprint density at radius 2 is 2.23 bits per heavy atom. The third-order valence-electron chi connectivity index (χ3n) is 2.66. The summed E-state index contributed by atoms with van der Waals surface area (Å²) in [5.41, 5.74) is 0.0266. The van der Waals surface area contributed by atoms with E-state index in [4.69, 9.17) is 16.3 Å². The van der Waals surface area contributed by atoms with Crippen LogP contribution in [0.25, 0.3) is 0 Å². The Morgan fingerprint density at radius 3 is 2.77 bits per heavy atom. The van der Waals surface area contributed by atoms with Gasteiger partial charge in [0.1, 0.15) is 6.33 Å². The molecule has 0 N–H and O–H groups in total. The molecule has 1 saturated heterocycles. The maximum absolute atomic E-state index is 5.91. The van der Waals surface area contributed by atoms with Crippen molar-refractivity contribution in [2.75, 3.05) is 13.2 Å². The van der Waals surface area contributed by atoms with Crippen molar-refractivity contribution in [1.29, 1.82) is 0 Å². The van der Waals surface area contributed by atoms with E-state index in [0.29, 0.717) is 5.28 Å². The summed E-state index contributed by atoms with van der Waals surface area (Å²) in [5.74, 6) is 0. The zero-order valence-corrected chi connectivity index (χ0v) is 8.29. The fourth-order valence-corrected chi connectivity index (χ4v) is 1.93. The molecule has 0 aromatic carbocycles. The number of hydrogen-bond acceptors (Lipinski definition) is 3. The Balaban J connectivity index is 2.27. The zero-order valence-electron chi connectivity index (χ0n) is 7.53. The van der Waals surface area contributed by atoms with Gasteiger partial charge in [0.15, 0.2) is 0 Å². The number of nitrogens with zero attached hydrogens (tertiary/aromatic N) is 3. The van der Waals surface area contributed by atoms with Gasteiger partial charge in [0.25, 0.3) is 0 Å². The molecule has 2 rings (SSSR count). The highest BCUT2D eigenvalue weighted by Gasteiger charge is 2.30. The van der Waals surface area contributed by atoms with Gasteiger partial charge in [0, 0.05) is 18.8 Å². The Kier molecular flexibility index (Phi) is 2.26. The lowest BCUT2D eigenvalue weighted by atomic mass is 9.92. The van der Waals surface area contributed by atoms with Gasteiger partial charge in [0.2, 0.25) is 5.28 Å². The average molecular weight is 202 g/mol. The fraction of sp³-hybridized carbons (Fsp3) is 0.750. The van der Waals surface area contributed by atoms with Crippen LogP contribution in [-0.4, -0.2) is 28.0 Å². The van der Waals surface area contributed by atoms with Gasteiger partial charge in [-0.1, -0.05) is 0 Å². The molecule has 1 aromatic heterocycles. The molecule has 1 aliphatic rings. The summed E-state index contributed by atoms with van der Waals surface area (Å²) >= 11 is 5.91. The maximum Gasteiger partial charge on any atom is 0.225 e. The molecule has 0 unspecified atom stereocenters. The van der Waals surface area contributed by atoms with Crippen molar-refractivity contribution in [3.05, 3.63) is 11.6 Å². The second-order valence-corrected chi connectivity index (χ2v) is 3.92. The highest BCUT2D eigenvalue weighted by Crippen LogP contribution is 2.30. The predicted octanol–water partition coefficient (Wildman–Crippen LogP) is 1.46. The molecule has 2 heterocycles. The van der Waals surface area contributed by atoms with Crippen molar-refractivity contribution < 1.29 is 4.74 Å². The Hall–Kier alpha value is -0.610. The minimum atomic E-state index is 0.0266. The molecule has 1 fully saturated rings. The van der Waals surface area contributed by atoms with Crippen molar-refractivity contribution in [3.8, 4) is 0 Å². The Bertz CT molecular complexity index is 293. The molecule has 0 saturated carbocycles. The number of ether oxygens (including phenoxy) is 1. The molecule has 1 aromatic rings. The van der Waals surface area contributed by atoms with Gasteiger partial charge in [0.05, 0.1) is 0 Å². The van der Waals surface area contributed by atoms with Crippen molar-refractivity contribution in [2.24, 2.45) is 0 Å². The molecule has 0 aliphatic carbocycles. The molecule has 13 heavy (non-hydrogen) atoms. The Morgan fingerprint density at radius 1 is 1.54 bits per heavy atom. The van der Waals surface area contributed by atoms with Crippen LogP contribution in [0.4, 0.5) is 0 Å². The molecule has 0 atom stereocenters. The van der Waals surface area contributed by atoms with E-state index in [1.54, 1.807) is 6.33 Å². The first kappa shape index (κ1) is 8.97. The van der Waals surface area contributed by atoms with Gasteiger partial charge in [-0.05, 0) is 31.4 Å². The fourth-order valence-electron chi connectivity index (χ4n) is 1.64. The van der Waals surface area contributed by atoms with E-state index >= 15 is 0 Å². The van der Waals surface area contributed by atoms with Crippen molar-refractivity contribution in [3.63, 3.8) is 0 Å². The van der Waals surface area contributed by atoms with E-state index < -0.39 is 0 Å². The standard InChI is InChI=1S/C8H12ClN3O/c1-8(2-4-13-5-3-8)12-6-10-11-7(12)9/h6H,2-5H2,1H3. The van der Waals surface area contributed by atoms with Gasteiger partial charge in [-0.2, -0.15) is 0 Å². The molecular formula is C8H12ClN3O. The van der Waals surface area contributed by atoms with E-state index in [-0.39, 0.29) is 5.54 Å². The summed E-state index contributed by atoms with van der Waals surface area (Å²) in [6.07, 6.45) is 3.61. The van der Waals surface area contributed by atoms with Crippen LogP contribution in [0.2, 0.25) is 5.28 Å². The highest BCUT2D eigenvalue weighted by atomic mass is 35.5. The monoisotopic (exact) mass is 201 g/mol. The van der Waals surface area contributed by atoms with Crippen LogP contribution in [-0.2, 0) is 10.3 Å². The molecule has 4 nitrogen and oxygen atoms in total. The molecule has 72 valence electrons. The van der Waals surface area contributed by atoms with E-state index in [1.807, 2.05) is 4.57 Å². The van der Waals surface area contributed by atoms with Gasteiger partial charge < -0.3 is 4.74 Å². The summed E-state index contributed by atoms with van der Waals surface area (Å²) < 4.78 is 7.23. The van der Waals surface area contributed by atoms with Gasteiger partial charge in [-0.25, -0.2) is 0 Å². The number of halogens is 1. The van der Waals surface area contributed by atoms with Crippen LogP contribution in [0.1, 0.15) is 19.8 Å². The molecule has 0 bridgehead atoms. The molecule has 0 amide bonds. The van der Waals surface area contributed by atoms with E-state index in [2.05, 4.69) is 17.1 Å². The van der Waals surface area contributed by atoms with E-state index in [9.17, 15) is 0 Å². The van der Waals surface area contributed by atoms with Crippen molar-refractivity contribution in [1.82, 2.24) is 14.8 Å². The first-order valence-electron chi connectivity index (χ1n) is 4.36. The predicted molar refractivity (Wildman–Crippen MR) is 48.7 cm³/mol. The zero-order chi connectivity index (χ0) is 9.31. The minimum absolute atomic E-state index is 0.0266. The second kappa shape index (κ2) is 3.27. The Labute approximate surface area is 81.9 Å². The van der Waals surface area contributed by atoms with Gasteiger partial charge in [-0.15, -0.1) is 10.2 Å². The third-order valence-corrected chi connectivity index (χ3v) is 2.92. The van der Waals surface area contributed by atoms with Crippen LogP contribution in [0.15, 0.2) is 6.33 Å². The maximum atomic E-state index is 5.91. The van der Waals surface area contributed by atoms with Crippen molar-refractivity contribution in [2.45, 2.75) is 25.3 Å². The van der Waals surface area contributed by atoms with Crippen LogP contribution >= 0.6 is 11.6 Å². The smallest absolute Gasteiger partial charge is 0.225 e.